The number of alkyl carbamates (subject to hydrolysis) is 1. The molecule has 0 aliphatic carbocycles. The summed E-state index contributed by atoms with van der Waals surface area (Å²) in [6.45, 7) is 8.01. The van der Waals surface area contributed by atoms with Gasteiger partial charge in [0.15, 0.2) is 0 Å². The number of nitrogens with zero attached hydrogens (tertiary/aromatic N) is 2. The zero-order chi connectivity index (χ0) is 17.7. The van der Waals surface area contributed by atoms with Crippen molar-refractivity contribution in [3.8, 4) is 6.07 Å². The van der Waals surface area contributed by atoms with Crippen molar-refractivity contribution < 1.29 is 9.53 Å². The fourth-order valence-electron chi connectivity index (χ4n) is 2.73. The van der Waals surface area contributed by atoms with Crippen LogP contribution in [0.25, 0.3) is 0 Å². The third-order valence-corrected chi connectivity index (χ3v) is 4.30. The van der Waals surface area contributed by atoms with Crippen molar-refractivity contribution in [3.63, 3.8) is 0 Å². The van der Waals surface area contributed by atoms with Gasteiger partial charge in [0.2, 0.25) is 0 Å². The van der Waals surface area contributed by atoms with E-state index in [0.717, 1.165) is 31.6 Å². The number of benzene rings is 1. The van der Waals surface area contributed by atoms with Crippen LogP contribution in [0.15, 0.2) is 18.2 Å². The highest BCUT2D eigenvalue weighted by molar-refractivity contribution is 6.32. The van der Waals surface area contributed by atoms with Gasteiger partial charge in [-0.3, -0.25) is 0 Å². The number of rotatable bonds is 3. The minimum atomic E-state index is -0.470. The van der Waals surface area contributed by atoms with E-state index in [9.17, 15) is 4.79 Å². The summed E-state index contributed by atoms with van der Waals surface area (Å²) in [4.78, 5) is 14.0. The second-order valence-corrected chi connectivity index (χ2v) is 7.50. The van der Waals surface area contributed by atoms with Gasteiger partial charge in [-0.05, 0) is 57.7 Å². The molecule has 1 aliphatic heterocycles. The molecule has 0 atom stereocenters. The molecule has 1 fully saturated rings. The molecule has 1 N–H and O–H groups in total. The average molecular weight is 350 g/mol. The zero-order valence-electron chi connectivity index (χ0n) is 14.4. The Kier molecular flexibility index (Phi) is 5.95. The predicted octanol–water partition coefficient (Wildman–Crippen LogP) is 3.95. The lowest BCUT2D eigenvalue weighted by Crippen LogP contribution is -2.40. The molecule has 1 aromatic rings. The maximum Gasteiger partial charge on any atom is 0.407 e. The first-order chi connectivity index (χ1) is 11.3. The van der Waals surface area contributed by atoms with Gasteiger partial charge in [-0.15, -0.1) is 0 Å². The Morgan fingerprint density at radius 2 is 2.08 bits per heavy atom. The molecule has 0 unspecified atom stereocenters. The Morgan fingerprint density at radius 3 is 2.62 bits per heavy atom. The number of halogens is 1. The second-order valence-electron chi connectivity index (χ2n) is 7.09. The summed E-state index contributed by atoms with van der Waals surface area (Å²) in [5, 5.41) is 12.3. The summed E-state index contributed by atoms with van der Waals surface area (Å²) in [5.41, 5.74) is 1.07. The van der Waals surface area contributed by atoms with Crippen LogP contribution in [0.5, 0.6) is 0 Å². The average Bonchev–Trinajstić information content (AvgIpc) is 2.52. The van der Waals surface area contributed by atoms with E-state index >= 15 is 0 Å². The van der Waals surface area contributed by atoms with Crippen molar-refractivity contribution in [2.75, 3.05) is 24.5 Å². The number of nitrogens with one attached hydrogen (secondary N) is 1. The zero-order valence-corrected chi connectivity index (χ0v) is 15.2. The number of ether oxygens (including phenoxy) is 1. The first kappa shape index (κ1) is 18.4. The van der Waals surface area contributed by atoms with Crippen molar-refractivity contribution in [1.29, 1.82) is 5.26 Å². The highest BCUT2D eigenvalue weighted by Gasteiger charge is 2.22. The molecule has 0 aromatic heterocycles. The lowest BCUT2D eigenvalue weighted by atomic mass is 9.96. The Morgan fingerprint density at radius 1 is 1.42 bits per heavy atom. The maximum absolute atomic E-state index is 11.7. The van der Waals surface area contributed by atoms with Gasteiger partial charge >= 0.3 is 6.09 Å². The van der Waals surface area contributed by atoms with Gasteiger partial charge in [-0.1, -0.05) is 11.6 Å². The minimum absolute atomic E-state index is 0.358. The van der Waals surface area contributed by atoms with Crippen LogP contribution in [0.4, 0.5) is 10.5 Å². The van der Waals surface area contributed by atoms with Gasteiger partial charge in [0.1, 0.15) is 11.7 Å². The molecule has 1 saturated heterocycles. The second kappa shape index (κ2) is 7.76. The van der Waals surface area contributed by atoms with Crippen molar-refractivity contribution in [3.05, 3.63) is 28.8 Å². The van der Waals surface area contributed by atoms with Gasteiger partial charge in [0, 0.05) is 25.3 Å². The predicted molar refractivity (Wildman–Crippen MR) is 95.3 cm³/mol. The molecular weight excluding hydrogens is 326 g/mol. The molecule has 0 radical (unpaired) electrons. The Bertz CT molecular complexity index is 626. The fourth-order valence-corrected chi connectivity index (χ4v) is 2.95. The number of anilines is 1. The molecule has 1 amide bonds. The monoisotopic (exact) mass is 349 g/mol. The highest BCUT2D eigenvalue weighted by Crippen LogP contribution is 2.27. The molecule has 0 spiro atoms. The van der Waals surface area contributed by atoms with E-state index in [1.54, 1.807) is 6.07 Å². The molecule has 24 heavy (non-hydrogen) atoms. The van der Waals surface area contributed by atoms with Crippen LogP contribution in [-0.4, -0.2) is 31.3 Å². The van der Waals surface area contributed by atoms with Gasteiger partial charge in [0.25, 0.3) is 0 Å². The number of nitriles is 1. The standard InChI is InChI=1S/C18H24ClN3O2/c1-18(2,3)24-17(23)21-12-13-6-8-22(9-7-13)15-5-4-14(11-20)16(19)10-15/h4-5,10,13H,6-9,12H2,1-3H3,(H,21,23). The van der Waals surface area contributed by atoms with Crippen molar-refractivity contribution in [2.45, 2.75) is 39.2 Å². The van der Waals surface area contributed by atoms with E-state index in [0.29, 0.717) is 23.0 Å². The molecule has 1 aliphatic rings. The summed E-state index contributed by atoms with van der Waals surface area (Å²) >= 11 is 6.10. The number of carbonyl (C=O) groups excluding carboxylic acids is 1. The Labute approximate surface area is 148 Å². The van der Waals surface area contributed by atoms with Gasteiger partial charge in [-0.25, -0.2) is 4.79 Å². The van der Waals surface area contributed by atoms with Gasteiger partial charge in [-0.2, -0.15) is 5.26 Å². The van der Waals surface area contributed by atoms with Crippen molar-refractivity contribution in [2.24, 2.45) is 5.92 Å². The molecule has 1 heterocycles. The fraction of sp³-hybridized carbons (Fsp3) is 0.556. The molecule has 0 saturated carbocycles. The molecule has 130 valence electrons. The van der Waals surface area contributed by atoms with Crippen LogP contribution in [-0.2, 0) is 4.74 Å². The van der Waals surface area contributed by atoms with Crippen molar-refractivity contribution in [1.82, 2.24) is 5.32 Å². The highest BCUT2D eigenvalue weighted by atomic mass is 35.5. The maximum atomic E-state index is 11.7. The van der Waals surface area contributed by atoms with Gasteiger partial charge in [0.05, 0.1) is 10.6 Å². The lowest BCUT2D eigenvalue weighted by Gasteiger charge is -2.34. The van der Waals surface area contributed by atoms with Crippen LogP contribution >= 0.6 is 11.6 Å². The quantitative estimate of drug-likeness (QED) is 0.897. The van der Waals surface area contributed by atoms with Crippen LogP contribution in [0.3, 0.4) is 0 Å². The molecule has 2 rings (SSSR count). The summed E-state index contributed by atoms with van der Waals surface area (Å²) in [7, 11) is 0. The van der Waals surface area contributed by atoms with Crippen molar-refractivity contribution >= 4 is 23.4 Å². The first-order valence-corrected chi connectivity index (χ1v) is 8.58. The summed E-state index contributed by atoms with van der Waals surface area (Å²) in [6, 6.07) is 7.61. The number of hydrogen-bond donors (Lipinski definition) is 1. The smallest absolute Gasteiger partial charge is 0.407 e. The third-order valence-electron chi connectivity index (χ3n) is 3.99. The van der Waals surface area contributed by atoms with Crippen LogP contribution in [0, 0.1) is 17.2 Å². The van der Waals surface area contributed by atoms with E-state index in [4.69, 9.17) is 21.6 Å². The SMILES string of the molecule is CC(C)(C)OC(=O)NCC1CCN(c2ccc(C#N)c(Cl)c2)CC1. The minimum Gasteiger partial charge on any atom is -0.444 e. The first-order valence-electron chi connectivity index (χ1n) is 8.20. The number of hydrogen-bond acceptors (Lipinski definition) is 4. The largest absolute Gasteiger partial charge is 0.444 e. The van der Waals surface area contributed by atoms with E-state index < -0.39 is 5.60 Å². The molecule has 5 nitrogen and oxygen atoms in total. The summed E-state index contributed by atoms with van der Waals surface area (Å²) in [6.07, 6.45) is 1.63. The Hall–Kier alpha value is -1.93. The summed E-state index contributed by atoms with van der Waals surface area (Å²) in [5.74, 6) is 0.447. The topological polar surface area (TPSA) is 65.4 Å². The number of carbonyl (C=O) groups is 1. The van der Waals surface area contributed by atoms with Crippen LogP contribution < -0.4 is 10.2 Å². The molecule has 6 heteroatoms. The van der Waals surface area contributed by atoms with E-state index in [1.807, 2.05) is 32.9 Å². The molecular formula is C18H24ClN3O2. The molecule has 0 bridgehead atoms. The number of amides is 1. The van der Waals surface area contributed by atoms with E-state index in [-0.39, 0.29) is 6.09 Å². The van der Waals surface area contributed by atoms with E-state index in [2.05, 4.69) is 16.3 Å². The van der Waals surface area contributed by atoms with Crippen LogP contribution in [0.1, 0.15) is 39.2 Å². The Balaban J connectivity index is 1.80. The van der Waals surface area contributed by atoms with Gasteiger partial charge < -0.3 is 15.0 Å². The lowest BCUT2D eigenvalue weighted by molar-refractivity contribution is 0.0517. The summed E-state index contributed by atoms with van der Waals surface area (Å²) < 4.78 is 5.25. The third kappa shape index (κ3) is 5.31. The number of piperidine rings is 1. The molecule has 1 aromatic carbocycles. The van der Waals surface area contributed by atoms with Crippen LogP contribution in [0.2, 0.25) is 5.02 Å². The van der Waals surface area contributed by atoms with E-state index in [1.165, 1.54) is 0 Å². The normalized spacial score (nSPS) is 15.7.